The fraction of sp³-hybridized carbons (Fsp3) is 0.292. The molecule has 1 fully saturated rings. The smallest absolute Gasteiger partial charge is 0.267 e. The minimum Gasteiger partial charge on any atom is -0.320 e. The van der Waals surface area contributed by atoms with Gasteiger partial charge in [0.2, 0.25) is 0 Å². The zero-order chi connectivity index (χ0) is 25.5. The van der Waals surface area contributed by atoms with E-state index < -0.39 is 10.8 Å². The van der Waals surface area contributed by atoms with Crippen LogP contribution in [0.15, 0.2) is 42.7 Å². The number of amides is 1. The number of hydrogen-bond donors (Lipinski definition) is 3. The Hall–Kier alpha value is -3.48. The van der Waals surface area contributed by atoms with Crippen molar-refractivity contribution in [1.29, 1.82) is 0 Å². The first-order chi connectivity index (χ1) is 17.4. The second kappa shape index (κ2) is 12.0. The van der Waals surface area contributed by atoms with E-state index >= 15 is 0 Å². The first-order valence-corrected chi connectivity index (χ1v) is 13.6. The number of rotatable bonds is 6. The van der Waals surface area contributed by atoms with E-state index in [-0.39, 0.29) is 12.3 Å². The second-order valence-corrected chi connectivity index (χ2v) is 11.0. The Morgan fingerprint density at radius 3 is 2.78 bits per heavy atom. The lowest BCUT2D eigenvalue weighted by atomic mass is 10.1. The molecule has 0 unspecified atom stereocenters. The molecule has 4 heterocycles. The van der Waals surface area contributed by atoms with Crippen molar-refractivity contribution in [2.45, 2.75) is 13.3 Å². The molecule has 10 nitrogen and oxygen atoms in total. The molecule has 1 amide bonds. The number of pyridine rings is 1. The number of fused-ring (bicyclic) bond motifs is 1. The summed E-state index contributed by atoms with van der Waals surface area (Å²) in [6.07, 6.45) is 4.26. The van der Waals surface area contributed by atoms with E-state index in [9.17, 15) is 13.8 Å². The monoisotopic (exact) mass is 525 g/mol. The van der Waals surface area contributed by atoms with E-state index in [2.05, 4.69) is 42.7 Å². The molecular formula is C24H27N7O3S2. The standard InChI is InChI=1S/C19H16N6O2S.C5H11NOS/c1-11-5-6-14-13(9-21-25-14)17(11)24-18(27)15-10-20-19(28-15)23-16-4-2-3-12(22-16)7-8-26;1-6-2-4-8(7)5-3-6/h2-6,8-10H,7H2,1H3,(H,21,25)(H,24,27)(H,20,22,23);2-5H2,1H3. The van der Waals surface area contributed by atoms with Crippen LogP contribution in [0, 0.1) is 6.92 Å². The van der Waals surface area contributed by atoms with E-state index in [1.807, 2.05) is 25.1 Å². The number of benzene rings is 1. The van der Waals surface area contributed by atoms with Crippen LogP contribution >= 0.6 is 11.3 Å². The van der Waals surface area contributed by atoms with Crippen molar-refractivity contribution in [1.82, 2.24) is 25.1 Å². The molecule has 1 saturated heterocycles. The van der Waals surface area contributed by atoms with Gasteiger partial charge in [0.15, 0.2) is 5.13 Å². The molecular weight excluding hydrogens is 498 g/mol. The topological polar surface area (TPSA) is 133 Å². The summed E-state index contributed by atoms with van der Waals surface area (Å²) in [5, 5.41) is 14.3. The Balaban J connectivity index is 0.000000325. The number of carbonyl (C=O) groups excluding carboxylic acids is 2. The molecule has 1 aromatic carbocycles. The molecule has 0 radical (unpaired) electrons. The van der Waals surface area contributed by atoms with Crippen molar-refractivity contribution in [3.05, 3.63) is 58.9 Å². The van der Waals surface area contributed by atoms with Crippen molar-refractivity contribution < 1.29 is 13.8 Å². The van der Waals surface area contributed by atoms with Gasteiger partial charge in [-0.15, -0.1) is 0 Å². The number of hydrogen-bond acceptors (Lipinski definition) is 9. The maximum atomic E-state index is 12.7. The van der Waals surface area contributed by atoms with E-state index in [1.165, 1.54) is 17.5 Å². The second-order valence-electron chi connectivity index (χ2n) is 8.23. The third kappa shape index (κ3) is 6.59. The molecule has 5 rings (SSSR count). The summed E-state index contributed by atoms with van der Waals surface area (Å²) in [6.45, 7) is 3.94. The molecule has 3 aromatic heterocycles. The van der Waals surface area contributed by atoms with Crippen LogP contribution in [0.25, 0.3) is 10.9 Å². The minimum atomic E-state index is -0.503. The summed E-state index contributed by atoms with van der Waals surface area (Å²) >= 11 is 1.22. The zero-order valence-corrected chi connectivity index (χ0v) is 21.6. The van der Waals surface area contributed by atoms with Crippen LogP contribution in [-0.2, 0) is 22.0 Å². The molecule has 4 aromatic rings. The Labute approximate surface area is 215 Å². The minimum absolute atomic E-state index is 0.245. The van der Waals surface area contributed by atoms with Gasteiger partial charge >= 0.3 is 0 Å². The molecule has 1 aliphatic heterocycles. The summed E-state index contributed by atoms with van der Waals surface area (Å²) < 4.78 is 10.7. The predicted octanol–water partition coefficient (Wildman–Crippen LogP) is 3.14. The van der Waals surface area contributed by atoms with Crippen molar-refractivity contribution >= 4 is 61.9 Å². The Morgan fingerprint density at radius 2 is 2.03 bits per heavy atom. The lowest BCUT2D eigenvalue weighted by Crippen LogP contribution is -2.34. The van der Waals surface area contributed by atoms with Gasteiger partial charge in [-0.2, -0.15) is 5.10 Å². The Morgan fingerprint density at radius 1 is 1.22 bits per heavy atom. The summed E-state index contributed by atoms with van der Waals surface area (Å²) in [5.41, 5.74) is 3.19. The lowest BCUT2D eigenvalue weighted by molar-refractivity contribution is -0.107. The summed E-state index contributed by atoms with van der Waals surface area (Å²) in [5.74, 6) is 2.07. The van der Waals surface area contributed by atoms with Gasteiger partial charge in [-0.1, -0.05) is 23.5 Å². The number of carbonyl (C=O) groups is 2. The lowest BCUT2D eigenvalue weighted by Gasteiger charge is -2.20. The van der Waals surface area contributed by atoms with Gasteiger partial charge in [0, 0.05) is 52.9 Å². The van der Waals surface area contributed by atoms with Crippen molar-refractivity contribution in [2.75, 3.05) is 42.3 Å². The van der Waals surface area contributed by atoms with Crippen LogP contribution in [0.2, 0.25) is 0 Å². The molecule has 12 heteroatoms. The maximum Gasteiger partial charge on any atom is 0.267 e. The molecule has 1 aliphatic rings. The fourth-order valence-corrected chi connectivity index (χ4v) is 5.44. The Kier molecular flexibility index (Phi) is 8.52. The van der Waals surface area contributed by atoms with Crippen LogP contribution in [0.5, 0.6) is 0 Å². The van der Waals surface area contributed by atoms with Crippen molar-refractivity contribution in [2.24, 2.45) is 0 Å². The first kappa shape index (κ1) is 25.6. The highest BCUT2D eigenvalue weighted by Gasteiger charge is 2.15. The average molecular weight is 526 g/mol. The van der Waals surface area contributed by atoms with E-state index in [4.69, 9.17) is 0 Å². The van der Waals surface area contributed by atoms with Gasteiger partial charge < -0.3 is 20.3 Å². The van der Waals surface area contributed by atoms with Crippen molar-refractivity contribution in [3.8, 4) is 0 Å². The number of aldehydes is 1. The van der Waals surface area contributed by atoms with Gasteiger partial charge in [0.25, 0.3) is 5.91 Å². The average Bonchev–Trinajstić information content (AvgIpc) is 3.54. The van der Waals surface area contributed by atoms with Crippen LogP contribution in [-0.4, -0.2) is 73.1 Å². The number of anilines is 3. The summed E-state index contributed by atoms with van der Waals surface area (Å²) in [6, 6.07) is 9.21. The van der Waals surface area contributed by atoms with Crippen LogP contribution in [0.1, 0.15) is 20.9 Å². The predicted molar refractivity (Wildman–Crippen MR) is 144 cm³/mol. The van der Waals surface area contributed by atoms with Gasteiger partial charge in [0.1, 0.15) is 17.0 Å². The summed E-state index contributed by atoms with van der Waals surface area (Å²) in [4.78, 5) is 34.6. The van der Waals surface area contributed by atoms with Gasteiger partial charge in [-0.3, -0.25) is 14.1 Å². The van der Waals surface area contributed by atoms with Crippen LogP contribution in [0.4, 0.5) is 16.6 Å². The molecule has 0 spiro atoms. The zero-order valence-electron chi connectivity index (χ0n) is 20.0. The molecule has 0 aliphatic carbocycles. The molecule has 3 N–H and O–H groups in total. The van der Waals surface area contributed by atoms with Gasteiger partial charge in [-0.25, -0.2) is 9.97 Å². The van der Waals surface area contributed by atoms with E-state index in [0.717, 1.165) is 53.0 Å². The van der Waals surface area contributed by atoms with Gasteiger partial charge in [0.05, 0.1) is 23.6 Å². The van der Waals surface area contributed by atoms with E-state index in [0.29, 0.717) is 21.5 Å². The first-order valence-electron chi connectivity index (χ1n) is 11.3. The highest BCUT2D eigenvalue weighted by molar-refractivity contribution is 7.85. The van der Waals surface area contributed by atoms with Gasteiger partial charge in [-0.05, 0) is 37.7 Å². The largest absolute Gasteiger partial charge is 0.320 e. The third-order valence-corrected chi connectivity index (χ3v) is 7.72. The third-order valence-electron chi connectivity index (χ3n) is 5.54. The number of H-pyrrole nitrogens is 1. The van der Waals surface area contributed by atoms with Crippen LogP contribution in [0.3, 0.4) is 0 Å². The number of nitrogens with zero attached hydrogens (tertiary/aromatic N) is 4. The normalized spacial score (nSPS) is 14.2. The van der Waals surface area contributed by atoms with Crippen molar-refractivity contribution in [3.63, 3.8) is 0 Å². The quantitative estimate of drug-likeness (QED) is 0.327. The van der Waals surface area contributed by atoms with E-state index in [1.54, 1.807) is 18.3 Å². The highest BCUT2D eigenvalue weighted by Crippen LogP contribution is 2.28. The molecule has 188 valence electrons. The number of nitrogens with one attached hydrogen (secondary N) is 3. The molecule has 0 saturated carbocycles. The highest BCUT2D eigenvalue weighted by atomic mass is 32.2. The molecule has 0 atom stereocenters. The number of aromatic nitrogens is 4. The molecule has 36 heavy (non-hydrogen) atoms. The number of aromatic amines is 1. The van der Waals surface area contributed by atoms with Crippen LogP contribution < -0.4 is 10.6 Å². The number of thiazole rings is 1. The molecule has 0 bridgehead atoms. The fourth-order valence-electron chi connectivity index (χ4n) is 3.49. The maximum absolute atomic E-state index is 12.7. The SMILES string of the molecule is CN1CCS(=O)CC1.Cc1ccc2[nH]ncc2c1NC(=O)c1cnc(Nc2cccc(CC=O)n2)s1. The summed E-state index contributed by atoms with van der Waals surface area (Å²) in [7, 11) is 1.56. The number of aryl methyl sites for hydroxylation is 1. The Bertz CT molecular complexity index is 1380.